The van der Waals surface area contributed by atoms with Crippen LogP contribution in [0.15, 0.2) is 77.1 Å². The zero-order chi connectivity index (χ0) is 25.1. The Kier molecular flexibility index (Phi) is 7.00. The first-order valence-corrected chi connectivity index (χ1v) is 11.7. The first-order chi connectivity index (χ1) is 16.9. The molecule has 1 aliphatic heterocycles. The van der Waals surface area contributed by atoms with Gasteiger partial charge >= 0.3 is 11.9 Å². The number of hydrogen-bond acceptors (Lipinski definition) is 7. The van der Waals surface area contributed by atoms with Crippen molar-refractivity contribution in [2.45, 2.75) is 39.0 Å². The molecule has 2 aromatic rings. The number of dihydropyridines is 1. The van der Waals surface area contributed by atoms with Crippen molar-refractivity contribution in [3.05, 3.63) is 98.4 Å². The molecule has 4 rings (SSSR count). The van der Waals surface area contributed by atoms with Crippen molar-refractivity contribution < 1.29 is 24.0 Å². The van der Waals surface area contributed by atoms with Gasteiger partial charge in [0.05, 0.1) is 35.2 Å². The number of carbonyl (C=O) groups is 2. The van der Waals surface area contributed by atoms with Crippen LogP contribution in [-0.2, 0) is 19.1 Å². The lowest BCUT2D eigenvalue weighted by Gasteiger charge is -2.32. The van der Waals surface area contributed by atoms with Gasteiger partial charge in [-0.15, -0.1) is 0 Å². The summed E-state index contributed by atoms with van der Waals surface area (Å²) in [4.78, 5) is 37.5. The summed E-state index contributed by atoms with van der Waals surface area (Å²) < 4.78 is 10.8. The molecule has 1 unspecified atom stereocenters. The van der Waals surface area contributed by atoms with E-state index in [-0.39, 0.29) is 36.3 Å². The summed E-state index contributed by atoms with van der Waals surface area (Å²) in [5.74, 6) is -1.76. The molecule has 1 N–H and O–H groups in total. The molecule has 3 atom stereocenters. The highest BCUT2D eigenvalue weighted by molar-refractivity contribution is 6.00. The predicted octanol–water partition coefficient (Wildman–Crippen LogP) is 4.74. The average molecular weight is 477 g/mol. The van der Waals surface area contributed by atoms with E-state index >= 15 is 0 Å². The molecule has 0 bridgehead atoms. The monoisotopic (exact) mass is 476 g/mol. The number of non-ortho nitro benzene ring substituents is 1. The second kappa shape index (κ2) is 10.1. The standard InChI is InChI=1S/C27H28N2O6/c1-4-34-26(30)22-16(3)28-25(21-15-20(21)17-10-7-6-8-11-17)24(27(31)35-5-2)23(22)18-12-9-13-19(14-18)29(32)33/h6-14,20-21,23,28H,4-5,15H2,1-3H3/t20-,21-,23?/m1/s1. The molecule has 35 heavy (non-hydrogen) atoms. The van der Waals surface area contributed by atoms with Gasteiger partial charge in [0.15, 0.2) is 0 Å². The quantitative estimate of drug-likeness (QED) is 0.333. The molecule has 8 nitrogen and oxygen atoms in total. The Bertz CT molecular complexity index is 1220. The minimum Gasteiger partial charge on any atom is -0.463 e. The molecule has 1 aliphatic carbocycles. The van der Waals surface area contributed by atoms with Crippen molar-refractivity contribution in [2.24, 2.45) is 5.92 Å². The third kappa shape index (κ3) is 4.82. The first-order valence-electron chi connectivity index (χ1n) is 11.7. The second-order valence-electron chi connectivity index (χ2n) is 8.58. The van der Waals surface area contributed by atoms with E-state index in [0.29, 0.717) is 22.5 Å². The zero-order valence-corrected chi connectivity index (χ0v) is 19.9. The minimum absolute atomic E-state index is 0.0247. The van der Waals surface area contributed by atoms with Gasteiger partial charge in [-0.25, -0.2) is 9.59 Å². The van der Waals surface area contributed by atoms with Gasteiger partial charge in [0.25, 0.3) is 5.69 Å². The fourth-order valence-corrected chi connectivity index (χ4v) is 4.80. The molecule has 0 spiro atoms. The van der Waals surface area contributed by atoms with Crippen molar-refractivity contribution in [2.75, 3.05) is 13.2 Å². The van der Waals surface area contributed by atoms with Crippen LogP contribution in [-0.4, -0.2) is 30.1 Å². The van der Waals surface area contributed by atoms with E-state index in [1.54, 1.807) is 32.9 Å². The van der Waals surface area contributed by atoms with Crippen molar-refractivity contribution >= 4 is 17.6 Å². The lowest BCUT2D eigenvalue weighted by molar-refractivity contribution is -0.384. The number of esters is 2. The lowest BCUT2D eigenvalue weighted by atomic mass is 9.79. The number of benzene rings is 2. The maximum atomic E-state index is 13.4. The Hall–Kier alpha value is -3.94. The fourth-order valence-electron chi connectivity index (χ4n) is 4.80. The third-order valence-electron chi connectivity index (χ3n) is 6.39. The zero-order valence-electron chi connectivity index (χ0n) is 19.9. The van der Waals surface area contributed by atoms with Gasteiger partial charge in [0.1, 0.15) is 0 Å². The highest BCUT2D eigenvalue weighted by atomic mass is 16.6. The molecule has 0 amide bonds. The molecular weight excluding hydrogens is 448 g/mol. The van der Waals surface area contributed by atoms with E-state index in [0.717, 1.165) is 6.42 Å². The number of nitro groups is 1. The Labute approximate surface area is 203 Å². The highest BCUT2D eigenvalue weighted by Crippen LogP contribution is 2.55. The van der Waals surface area contributed by atoms with Crippen LogP contribution in [0.4, 0.5) is 5.69 Å². The van der Waals surface area contributed by atoms with Gasteiger partial charge in [0.2, 0.25) is 0 Å². The number of carbonyl (C=O) groups excluding carboxylic acids is 2. The van der Waals surface area contributed by atoms with Crippen molar-refractivity contribution in [3.8, 4) is 0 Å². The van der Waals surface area contributed by atoms with Gasteiger partial charge < -0.3 is 14.8 Å². The molecule has 1 fully saturated rings. The molecule has 0 saturated heterocycles. The molecule has 1 saturated carbocycles. The van der Waals surface area contributed by atoms with Crippen LogP contribution >= 0.6 is 0 Å². The van der Waals surface area contributed by atoms with Gasteiger partial charge in [-0.05, 0) is 44.2 Å². The summed E-state index contributed by atoms with van der Waals surface area (Å²) in [7, 11) is 0. The number of hydrogen-bond donors (Lipinski definition) is 1. The normalized spacial score (nSPS) is 21.3. The summed E-state index contributed by atoms with van der Waals surface area (Å²) in [5.41, 5.74) is 3.29. The maximum absolute atomic E-state index is 13.4. The number of allylic oxidation sites excluding steroid dienone is 2. The number of rotatable bonds is 8. The van der Waals surface area contributed by atoms with E-state index < -0.39 is 22.8 Å². The van der Waals surface area contributed by atoms with Crippen LogP contribution in [0.5, 0.6) is 0 Å². The van der Waals surface area contributed by atoms with Crippen LogP contribution in [0, 0.1) is 16.0 Å². The van der Waals surface area contributed by atoms with E-state index in [1.807, 2.05) is 18.2 Å². The molecule has 8 heteroatoms. The number of nitro benzene ring substituents is 1. The Morgan fingerprint density at radius 1 is 0.943 bits per heavy atom. The molecular formula is C27H28N2O6. The average Bonchev–Trinajstić information content (AvgIpc) is 3.65. The first kappa shape index (κ1) is 24.2. The van der Waals surface area contributed by atoms with E-state index in [9.17, 15) is 19.7 Å². The van der Waals surface area contributed by atoms with E-state index in [2.05, 4.69) is 17.4 Å². The molecule has 0 radical (unpaired) electrons. The summed E-state index contributed by atoms with van der Waals surface area (Å²) in [5, 5.41) is 14.8. The summed E-state index contributed by atoms with van der Waals surface area (Å²) in [6.07, 6.45) is 0.832. The molecule has 1 heterocycles. The number of ether oxygens (including phenoxy) is 2. The predicted molar refractivity (Wildman–Crippen MR) is 129 cm³/mol. The fraction of sp³-hybridized carbons (Fsp3) is 0.333. The Morgan fingerprint density at radius 2 is 1.57 bits per heavy atom. The van der Waals surface area contributed by atoms with E-state index in [1.165, 1.54) is 17.7 Å². The topological polar surface area (TPSA) is 108 Å². The van der Waals surface area contributed by atoms with Crippen LogP contribution in [0.25, 0.3) is 0 Å². The van der Waals surface area contributed by atoms with Crippen molar-refractivity contribution in [1.82, 2.24) is 5.32 Å². The SMILES string of the molecule is CCOC(=O)C1=C(C)NC([C@@H]2C[C@@H]2c2ccccc2)=C(C(=O)OCC)C1c1cccc([N+](=O)[O-])c1. The van der Waals surface area contributed by atoms with Crippen molar-refractivity contribution in [3.63, 3.8) is 0 Å². The number of nitrogens with one attached hydrogen (secondary N) is 1. The largest absolute Gasteiger partial charge is 0.463 e. The third-order valence-corrected chi connectivity index (χ3v) is 6.39. The molecule has 0 aromatic heterocycles. The Morgan fingerprint density at radius 3 is 2.20 bits per heavy atom. The minimum atomic E-state index is -0.860. The molecule has 2 aliphatic rings. The van der Waals surface area contributed by atoms with Gasteiger partial charge in [0, 0.05) is 29.4 Å². The highest BCUT2D eigenvalue weighted by Gasteiger charge is 2.48. The van der Waals surface area contributed by atoms with Gasteiger partial charge in [-0.3, -0.25) is 10.1 Å². The number of nitrogens with zero attached hydrogens (tertiary/aromatic N) is 1. The van der Waals surface area contributed by atoms with Crippen LogP contribution in [0.3, 0.4) is 0 Å². The van der Waals surface area contributed by atoms with Crippen LogP contribution in [0.1, 0.15) is 50.2 Å². The van der Waals surface area contributed by atoms with Crippen molar-refractivity contribution in [1.29, 1.82) is 0 Å². The molecule has 182 valence electrons. The summed E-state index contributed by atoms with van der Waals surface area (Å²) in [6.45, 7) is 5.49. The van der Waals surface area contributed by atoms with Gasteiger partial charge in [-0.2, -0.15) is 0 Å². The lowest BCUT2D eigenvalue weighted by Crippen LogP contribution is -2.34. The second-order valence-corrected chi connectivity index (χ2v) is 8.58. The van der Waals surface area contributed by atoms with E-state index in [4.69, 9.17) is 9.47 Å². The van der Waals surface area contributed by atoms with Gasteiger partial charge in [-0.1, -0.05) is 42.5 Å². The molecule has 2 aromatic carbocycles. The van der Waals surface area contributed by atoms with Crippen LogP contribution < -0.4 is 5.32 Å². The smallest absolute Gasteiger partial charge is 0.336 e. The summed E-state index contributed by atoms with van der Waals surface area (Å²) in [6, 6.07) is 16.1. The Balaban J connectivity index is 1.88. The van der Waals surface area contributed by atoms with Crippen LogP contribution in [0.2, 0.25) is 0 Å². The maximum Gasteiger partial charge on any atom is 0.336 e. The summed E-state index contributed by atoms with van der Waals surface area (Å²) >= 11 is 0.